The van der Waals surface area contributed by atoms with Crippen LogP contribution in [0.3, 0.4) is 0 Å². The molecule has 1 N–H and O–H groups in total. The topological polar surface area (TPSA) is 52.7 Å². The first kappa shape index (κ1) is 19.1. The standard InChI is InChI=1S/C22H27N3O2/c1-4-17-7-5-6-16(2)20(17)23-21(26)18-8-10-19(11-9-18)22(27)25-14-12-24(3)13-15-25/h5-11H,4,12-15H2,1-3H3,(H,23,26). The van der Waals surface area contributed by atoms with Crippen molar-refractivity contribution in [1.29, 1.82) is 0 Å². The van der Waals surface area contributed by atoms with Crippen molar-refractivity contribution < 1.29 is 9.59 Å². The summed E-state index contributed by atoms with van der Waals surface area (Å²) >= 11 is 0. The molecule has 2 aromatic rings. The number of anilines is 1. The van der Waals surface area contributed by atoms with Gasteiger partial charge in [-0.15, -0.1) is 0 Å². The van der Waals surface area contributed by atoms with Crippen LogP contribution in [0, 0.1) is 6.92 Å². The molecule has 5 nitrogen and oxygen atoms in total. The molecule has 2 aromatic carbocycles. The van der Waals surface area contributed by atoms with Crippen LogP contribution in [0.4, 0.5) is 5.69 Å². The molecule has 0 atom stereocenters. The molecule has 0 radical (unpaired) electrons. The minimum atomic E-state index is -0.155. The van der Waals surface area contributed by atoms with E-state index in [4.69, 9.17) is 0 Å². The van der Waals surface area contributed by atoms with Crippen LogP contribution in [0.5, 0.6) is 0 Å². The van der Waals surface area contributed by atoms with Gasteiger partial charge in [0.2, 0.25) is 0 Å². The van der Waals surface area contributed by atoms with Gasteiger partial charge < -0.3 is 15.1 Å². The van der Waals surface area contributed by atoms with Gasteiger partial charge in [0.05, 0.1) is 0 Å². The highest BCUT2D eigenvalue weighted by molar-refractivity contribution is 6.05. The van der Waals surface area contributed by atoms with Crippen LogP contribution in [-0.4, -0.2) is 54.8 Å². The van der Waals surface area contributed by atoms with E-state index in [0.29, 0.717) is 11.1 Å². The number of nitrogens with one attached hydrogen (secondary N) is 1. The van der Waals surface area contributed by atoms with E-state index < -0.39 is 0 Å². The Kier molecular flexibility index (Phi) is 5.91. The van der Waals surface area contributed by atoms with E-state index in [1.165, 1.54) is 0 Å². The third kappa shape index (κ3) is 4.37. The third-order valence-corrected chi connectivity index (χ3v) is 5.16. The van der Waals surface area contributed by atoms with E-state index in [2.05, 4.69) is 24.2 Å². The number of hydrogen-bond acceptors (Lipinski definition) is 3. The summed E-state index contributed by atoms with van der Waals surface area (Å²) in [6, 6.07) is 13.0. The summed E-state index contributed by atoms with van der Waals surface area (Å²) in [5.74, 6) is -0.125. The van der Waals surface area contributed by atoms with Crippen molar-refractivity contribution >= 4 is 17.5 Å². The van der Waals surface area contributed by atoms with Gasteiger partial charge in [-0.1, -0.05) is 25.1 Å². The maximum absolute atomic E-state index is 12.6. The van der Waals surface area contributed by atoms with Gasteiger partial charge in [0, 0.05) is 43.0 Å². The van der Waals surface area contributed by atoms with Crippen LogP contribution in [-0.2, 0) is 6.42 Å². The Balaban J connectivity index is 1.70. The minimum absolute atomic E-state index is 0.0298. The van der Waals surface area contributed by atoms with Crippen molar-refractivity contribution in [3.63, 3.8) is 0 Å². The smallest absolute Gasteiger partial charge is 0.255 e. The predicted octanol–water partition coefficient (Wildman–Crippen LogP) is 3.20. The molecule has 1 fully saturated rings. The number of carbonyl (C=O) groups excluding carboxylic acids is 2. The average Bonchev–Trinajstić information content (AvgIpc) is 2.69. The quantitative estimate of drug-likeness (QED) is 0.905. The summed E-state index contributed by atoms with van der Waals surface area (Å²) in [4.78, 5) is 29.3. The Morgan fingerprint density at radius 1 is 0.963 bits per heavy atom. The fourth-order valence-corrected chi connectivity index (χ4v) is 3.34. The summed E-state index contributed by atoms with van der Waals surface area (Å²) in [6.45, 7) is 7.33. The minimum Gasteiger partial charge on any atom is -0.336 e. The molecule has 0 unspecified atom stereocenters. The normalized spacial score (nSPS) is 14.9. The fourth-order valence-electron chi connectivity index (χ4n) is 3.34. The first-order valence-corrected chi connectivity index (χ1v) is 9.47. The van der Waals surface area contributed by atoms with Crippen LogP contribution >= 0.6 is 0 Å². The molecule has 1 aliphatic heterocycles. The van der Waals surface area contributed by atoms with Crippen molar-refractivity contribution in [2.24, 2.45) is 0 Å². The van der Waals surface area contributed by atoms with Gasteiger partial charge in [0.15, 0.2) is 0 Å². The Morgan fingerprint density at radius 3 is 2.22 bits per heavy atom. The number of amides is 2. The zero-order valence-corrected chi connectivity index (χ0v) is 16.3. The van der Waals surface area contributed by atoms with Crippen molar-refractivity contribution in [1.82, 2.24) is 9.80 Å². The van der Waals surface area contributed by atoms with Gasteiger partial charge in [0.25, 0.3) is 11.8 Å². The molecule has 27 heavy (non-hydrogen) atoms. The summed E-state index contributed by atoms with van der Waals surface area (Å²) in [6.07, 6.45) is 0.857. The molecular weight excluding hydrogens is 338 g/mol. The number of para-hydroxylation sites is 1. The van der Waals surface area contributed by atoms with Gasteiger partial charge in [-0.05, 0) is 55.8 Å². The van der Waals surface area contributed by atoms with E-state index in [-0.39, 0.29) is 11.8 Å². The summed E-state index contributed by atoms with van der Waals surface area (Å²) in [5, 5.41) is 3.02. The molecule has 0 saturated carbocycles. The zero-order valence-electron chi connectivity index (χ0n) is 16.3. The largest absolute Gasteiger partial charge is 0.336 e. The van der Waals surface area contributed by atoms with Gasteiger partial charge in [-0.3, -0.25) is 9.59 Å². The highest BCUT2D eigenvalue weighted by atomic mass is 16.2. The first-order chi connectivity index (χ1) is 13.0. The molecule has 1 aliphatic rings. The van der Waals surface area contributed by atoms with E-state index in [9.17, 15) is 9.59 Å². The van der Waals surface area contributed by atoms with Gasteiger partial charge in [0.1, 0.15) is 0 Å². The second-order valence-corrected chi connectivity index (χ2v) is 7.09. The van der Waals surface area contributed by atoms with Crippen molar-refractivity contribution in [3.8, 4) is 0 Å². The number of nitrogens with zero attached hydrogens (tertiary/aromatic N) is 2. The molecule has 0 bridgehead atoms. The highest BCUT2D eigenvalue weighted by Gasteiger charge is 2.20. The Morgan fingerprint density at radius 2 is 1.59 bits per heavy atom. The van der Waals surface area contributed by atoms with Crippen molar-refractivity contribution in [2.75, 3.05) is 38.5 Å². The summed E-state index contributed by atoms with van der Waals surface area (Å²) < 4.78 is 0. The summed E-state index contributed by atoms with van der Waals surface area (Å²) in [5.41, 5.74) is 4.22. The zero-order chi connectivity index (χ0) is 19.4. The van der Waals surface area contributed by atoms with Crippen LogP contribution in [0.2, 0.25) is 0 Å². The molecule has 142 valence electrons. The number of rotatable bonds is 4. The average molecular weight is 365 g/mol. The molecule has 2 amide bonds. The molecule has 1 heterocycles. The fraction of sp³-hybridized carbons (Fsp3) is 0.364. The maximum atomic E-state index is 12.6. The van der Waals surface area contributed by atoms with Gasteiger partial charge in [-0.25, -0.2) is 0 Å². The lowest BCUT2D eigenvalue weighted by molar-refractivity contribution is 0.0664. The highest BCUT2D eigenvalue weighted by Crippen LogP contribution is 2.22. The molecular formula is C22H27N3O2. The van der Waals surface area contributed by atoms with Crippen LogP contribution in [0.1, 0.15) is 38.8 Å². The lowest BCUT2D eigenvalue weighted by Gasteiger charge is -2.32. The van der Waals surface area contributed by atoms with Crippen LogP contribution in [0.15, 0.2) is 42.5 Å². The van der Waals surface area contributed by atoms with Gasteiger partial charge >= 0.3 is 0 Å². The molecule has 0 aliphatic carbocycles. The van der Waals surface area contributed by atoms with Crippen molar-refractivity contribution in [2.45, 2.75) is 20.3 Å². The number of hydrogen-bond donors (Lipinski definition) is 1. The maximum Gasteiger partial charge on any atom is 0.255 e. The SMILES string of the molecule is CCc1cccc(C)c1NC(=O)c1ccc(C(=O)N2CCN(C)CC2)cc1. The summed E-state index contributed by atoms with van der Waals surface area (Å²) in [7, 11) is 2.06. The van der Waals surface area contributed by atoms with Gasteiger partial charge in [-0.2, -0.15) is 0 Å². The monoisotopic (exact) mass is 365 g/mol. The first-order valence-electron chi connectivity index (χ1n) is 9.47. The number of piperazine rings is 1. The second kappa shape index (κ2) is 8.35. The number of benzene rings is 2. The van der Waals surface area contributed by atoms with Crippen molar-refractivity contribution in [3.05, 3.63) is 64.7 Å². The van der Waals surface area contributed by atoms with E-state index in [1.54, 1.807) is 24.3 Å². The molecule has 1 saturated heterocycles. The lowest BCUT2D eigenvalue weighted by Crippen LogP contribution is -2.47. The number of aryl methyl sites for hydroxylation is 2. The molecule has 5 heteroatoms. The van der Waals surface area contributed by atoms with E-state index >= 15 is 0 Å². The second-order valence-electron chi connectivity index (χ2n) is 7.09. The lowest BCUT2D eigenvalue weighted by atomic mass is 10.0. The predicted molar refractivity (Wildman–Crippen MR) is 108 cm³/mol. The van der Waals surface area contributed by atoms with E-state index in [1.807, 2.05) is 30.0 Å². The molecule has 0 aromatic heterocycles. The molecule has 3 rings (SSSR count). The number of likely N-dealkylation sites (N-methyl/N-ethyl adjacent to an activating group) is 1. The number of carbonyl (C=O) groups is 2. The van der Waals surface area contributed by atoms with Crippen LogP contribution < -0.4 is 5.32 Å². The Hall–Kier alpha value is -2.66. The Labute approximate surface area is 161 Å². The van der Waals surface area contributed by atoms with Crippen LogP contribution in [0.25, 0.3) is 0 Å². The Bertz CT molecular complexity index is 822. The third-order valence-electron chi connectivity index (χ3n) is 5.16. The molecule has 0 spiro atoms. The van der Waals surface area contributed by atoms with E-state index in [0.717, 1.165) is 49.4 Å².